The van der Waals surface area contributed by atoms with Crippen LogP contribution in [0.2, 0.25) is 0 Å². The Morgan fingerprint density at radius 3 is 1.96 bits per heavy atom. The van der Waals surface area contributed by atoms with Crippen molar-refractivity contribution in [3.8, 4) is 22.3 Å². The zero-order chi connectivity index (χ0) is 16.9. The molecular weight excluding hydrogens is 288 g/mol. The zero-order valence-electron chi connectivity index (χ0n) is 14.9. The minimum absolute atomic E-state index is 0.0788. The highest BCUT2D eigenvalue weighted by Crippen LogP contribution is 2.50. The van der Waals surface area contributed by atoms with Crippen molar-refractivity contribution in [2.75, 3.05) is 0 Å². The molecule has 0 atom stereocenters. The molecule has 0 unspecified atom stereocenters. The lowest BCUT2D eigenvalue weighted by atomic mass is 9.82. The molecule has 0 radical (unpaired) electrons. The fourth-order valence-corrected chi connectivity index (χ4v) is 3.96. The third-order valence-corrected chi connectivity index (χ3v) is 5.47. The van der Waals surface area contributed by atoms with Crippen molar-refractivity contribution in [2.24, 2.45) is 0 Å². The second-order valence-corrected chi connectivity index (χ2v) is 7.71. The maximum Gasteiger partial charge on any atom is 0.0158 e. The highest BCUT2D eigenvalue weighted by atomic mass is 14.4. The molecule has 3 aromatic carbocycles. The van der Waals surface area contributed by atoms with Gasteiger partial charge < -0.3 is 0 Å². The fraction of sp³-hybridized carbons (Fsp3) is 0.250. The lowest BCUT2D eigenvalue weighted by Crippen LogP contribution is -2.14. The summed E-state index contributed by atoms with van der Waals surface area (Å²) in [4.78, 5) is 0. The van der Waals surface area contributed by atoms with Crippen LogP contribution >= 0.6 is 0 Å². The standard InChI is InChI=1S/C24H24/c1-16(2)18-10-12-22-20(14-18)21-15-19(17-8-6-5-7-9-17)11-13-23(21)24(22,3)4/h5-16H,1-4H3. The Bertz CT molecular complexity index is 899. The molecule has 0 N–H and O–H groups in total. The summed E-state index contributed by atoms with van der Waals surface area (Å²) in [5.41, 5.74) is 9.79. The molecule has 0 fully saturated rings. The van der Waals surface area contributed by atoms with Crippen LogP contribution in [0.1, 0.15) is 50.3 Å². The Morgan fingerprint density at radius 2 is 1.29 bits per heavy atom. The van der Waals surface area contributed by atoms with Crippen LogP contribution in [0.3, 0.4) is 0 Å². The maximum absolute atomic E-state index is 2.41. The van der Waals surface area contributed by atoms with Crippen molar-refractivity contribution in [1.29, 1.82) is 0 Å². The Morgan fingerprint density at radius 1 is 0.667 bits per heavy atom. The van der Waals surface area contributed by atoms with Crippen molar-refractivity contribution < 1.29 is 0 Å². The van der Waals surface area contributed by atoms with Crippen LogP contribution in [0, 0.1) is 0 Å². The molecule has 0 amide bonds. The normalized spacial score (nSPS) is 14.5. The van der Waals surface area contributed by atoms with Gasteiger partial charge in [0, 0.05) is 5.41 Å². The van der Waals surface area contributed by atoms with Gasteiger partial charge in [-0.3, -0.25) is 0 Å². The third kappa shape index (κ3) is 2.21. The van der Waals surface area contributed by atoms with E-state index in [0.717, 1.165) is 0 Å². The van der Waals surface area contributed by atoms with Gasteiger partial charge in [-0.15, -0.1) is 0 Å². The first kappa shape index (κ1) is 15.2. The lowest BCUT2D eigenvalue weighted by Gasteiger charge is -2.22. The van der Waals surface area contributed by atoms with Crippen molar-refractivity contribution in [3.63, 3.8) is 0 Å². The van der Waals surface area contributed by atoms with E-state index in [-0.39, 0.29) is 5.41 Å². The average molecular weight is 312 g/mol. The molecule has 1 aliphatic carbocycles. The molecule has 0 spiro atoms. The van der Waals surface area contributed by atoms with E-state index in [0.29, 0.717) is 5.92 Å². The van der Waals surface area contributed by atoms with Gasteiger partial charge in [-0.2, -0.15) is 0 Å². The molecular formula is C24H24. The first-order valence-corrected chi connectivity index (χ1v) is 8.83. The summed E-state index contributed by atoms with van der Waals surface area (Å²) in [6.07, 6.45) is 0. The Labute approximate surface area is 145 Å². The molecule has 0 aliphatic heterocycles. The largest absolute Gasteiger partial charge is 0.0622 e. The average Bonchev–Trinajstić information content (AvgIpc) is 2.83. The smallest absolute Gasteiger partial charge is 0.0158 e. The van der Waals surface area contributed by atoms with Gasteiger partial charge in [-0.25, -0.2) is 0 Å². The minimum atomic E-state index is 0.0788. The summed E-state index contributed by atoms with van der Waals surface area (Å²) < 4.78 is 0. The summed E-state index contributed by atoms with van der Waals surface area (Å²) in [6, 6.07) is 24.7. The topological polar surface area (TPSA) is 0 Å². The van der Waals surface area contributed by atoms with Crippen molar-refractivity contribution >= 4 is 0 Å². The highest BCUT2D eigenvalue weighted by Gasteiger charge is 2.35. The number of rotatable bonds is 2. The van der Waals surface area contributed by atoms with Crippen LogP contribution in [-0.4, -0.2) is 0 Å². The fourth-order valence-electron chi connectivity index (χ4n) is 3.96. The molecule has 120 valence electrons. The van der Waals surface area contributed by atoms with E-state index >= 15 is 0 Å². The number of hydrogen-bond acceptors (Lipinski definition) is 0. The summed E-state index contributed by atoms with van der Waals surface area (Å²) >= 11 is 0. The molecule has 0 aromatic heterocycles. The molecule has 0 saturated heterocycles. The van der Waals surface area contributed by atoms with Crippen molar-refractivity contribution in [1.82, 2.24) is 0 Å². The Hall–Kier alpha value is -2.34. The maximum atomic E-state index is 2.41. The summed E-state index contributed by atoms with van der Waals surface area (Å²) in [6.45, 7) is 9.22. The predicted octanol–water partition coefficient (Wildman–Crippen LogP) is 6.78. The molecule has 0 saturated carbocycles. The van der Waals surface area contributed by atoms with Gasteiger partial charge in [0.15, 0.2) is 0 Å². The van der Waals surface area contributed by atoms with Crippen LogP contribution in [-0.2, 0) is 5.41 Å². The van der Waals surface area contributed by atoms with Gasteiger partial charge >= 0.3 is 0 Å². The quantitative estimate of drug-likeness (QED) is 0.489. The highest BCUT2D eigenvalue weighted by molar-refractivity contribution is 5.84. The van der Waals surface area contributed by atoms with Gasteiger partial charge in [0.1, 0.15) is 0 Å². The third-order valence-electron chi connectivity index (χ3n) is 5.47. The molecule has 1 aliphatic rings. The molecule has 4 rings (SSSR count). The molecule has 0 heteroatoms. The lowest BCUT2D eigenvalue weighted by molar-refractivity contribution is 0.660. The molecule has 24 heavy (non-hydrogen) atoms. The zero-order valence-corrected chi connectivity index (χ0v) is 14.9. The second kappa shape index (κ2) is 5.34. The summed E-state index contributed by atoms with van der Waals surface area (Å²) in [5, 5.41) is 0. The van der Waals surface area contributed by atoms with Crippen molar-refractivity contribution in [3.05, 3.63) is 83.4 Å². The van der Waals surface area contributed by atoms with E-state index in [1.165, 1.54) is 38.9 Å². The summed E-state index contributed by atoms with van der Waals surface area (Å²) in [5.74, 6) is 0.555. The monoisotopic (exact) mass is 312 g/mol. The first-order chi connectivity index (χ1) is 11.5. The van der Waals surface area contributed by atoms with E-state index < -0.39 is 0 Å². The van der Waals surface area contributed by atoms with Gasteiger partial charge in [0.25, 0.3) is 0 Å². The van der Waals surface area contributed by atoms with Crippen LogP contribution in [0.4, 0.5) is 0 Å². The van der Waals surface area contributed by atoms with Crippen LogP contribution in [0.15, 0.2) is 66.7 Å². The summed E-state index contributed by atoms with van der Waals surface area (Å²) in [7, 11) is 0. The number of benzene rings is 3. The van der Waals surface area contributed by atoms with Crippen LogP contribution < -0.4 is 0 Å². The van der Waals surface area contributed by atoms with E-state index in [1.807, 2.05) is 0 Å². The Balaban J connectivity index is 1.94. The molecule has 0 heterocycles. The Kier molecular flexibility index (Phi) is 3.38. The van der Waals surface area contributed by atoms with Gasteiger partial charge in [0.05, 0.1) is 0 Å². The molecule has 0 bridgehead atoms. The first-order valence-electron chi connectivity index (χ1n) is 8.83. The molecule has 0 nitrogen and oxygen atoms in total. The van der Waals surface area contributed by atoms with E-state index in [9.17, 15) is 0 Å². The predicted molar refractivity (Wildman–Crippen MR) is 104 cm³/mol. The van der Waals surface area contributed by atoms with Crippen LogP contribution in [0.25, 0.3) is 22.3 Å². The number of hydrogen-bond donors (Lipinski definition) is 0. The van der Waals surface area contributed by atoms with E-state index in [4.69, 9.17) is 0 Å². The van der Waals surface area contributed by atoms with Gasteiger partial charge in [-0.1, -0.05) is 88.4 Å². The SMILES string of the molecule is CC(C)c1ccc2c(c1)-c1cc(-c3ccccc3)ccc1C2(C)C. The van der Waals surface area contributed by atoms with Crippen molar-refractivity contribution in [2.45, 2.75) is 39.0 Å². The van der Waals surface area contributed by atoms with E-state index in [1.54, 1.807) is 0 Å². The van der Waals surface area contributed by atoms with Gasteiger partial charge in [-0.05, 0) is 50.9 Å². The van der Waals surface area contributed by atoms with E-state index in [2.05, 4.69) is 94.4 Å². The minimum Gasteiger partial charge on any atom is -0.0622 e. The number of fused-ring (bicyclic) bond motifs is 3. The van der Waals surface area contributed by atoms with Gasteiger partial charge in [0.2, 0.25) is 0 Å². The molecule has 3 aromatic rings. The second-order valence-electron chi connectivity index (χ2n) is 7.71. The van der Waals surface area contributed by atoms with Crippen LogP contribution in [0.5, 0.6) is 0 Å².